The Balaban J connectivity index is 1.70. The number of carbonyl (C=O) groups is 1. The maximum Gasteiger partial charge on any atom is 0.273 e. The number of nitro groups is 1. The van der Waals surface area contributed by atoms with Crippen molar-refractivity contribution in [2.24, 2.45) is 0 Å². The lowest BCUT2D eigenvalue weighted by Crippen LogP contribution is -2.47. The molecule has 0 radical (unpaired) electrons. The van der Waals surface area contributed by atoms with E-state index in [9.17, 15) is 24.6 Å². The fourth-order valence-electron chi connectivity index (χ4n) is 3.59. The maximum absolute atomic E-state index is 13.2. The molecule has 9 heteroatoms. The summed E-state index contributed by atoms with van der Waals surface area (Å²) in [5, 5.41) is 21.8. The van der Waals surface area contributed by atoms with E-state index in [1.165, 1.54) is 34.9 Å². The Morgan fingerprint density at radius 3 is 2.62 bits per heavy atom. The van der Waals surface area contributed by atoms with E-state index in [1.807, 2.05) is 4.90 Å². The third-order valence-corrected chi connectivity index (χ3v) is 6.15. The first kappa shape index (κ1) is 19.0. The highest BCUT2D eigenvalue weighted by atomic mass is 32.2. The molecule has 0 saturated carbocycles. The van der Waals surface area contributed by atoms with Crippen molar-refractivity contribution in [1.29, 1.82) is 5.26 Å². The van der Waals surface area contributed by atoms with E-state index in [0.29, 0.717) is 22.0 Å². The summed E-state index contributed by atoms with van der Waals surface area (Å²) in [6.45, 7) is 0.238. The molecule has 0 spiro atoms. The summed E-state index contributed by atoms with van der Waals surface area (Å²) in [6.07, 6.45) is -0.0188. The smallest absolute Gasteiger partial charge is 0.273 e. The first-order chi connectivity index (χ1) is 14.0. The topological polar surface area (TPSA) is 90.5 Å². The Morgan fingerprint density at radius 2 is 1.93 bits per heavy atom. The van der Waals surface area contributed by atoms with Crippen molar-refractivity contribution in [3.05, 3.63) is 80.6 Å². The highest BCUT2D eigenvalue weighted by molar-refractivity contribution is 8.03. The average molecular weight is 410 g/mol. The molecule has 2 aliphatic heterocycles. The van der Waals surface area contributed by atoms with Crippen LogP contribution in [0.15, 0.2) is 59.1 Å². The molecular formula is C20H15FN4O3S. The molecule has 0 N–H and O–H groups in total. The second-order valence-corrected chi connectivity index (χ2v) is 7.59. The summed E-state index contributed by atoms with van der Waals surface area (Å²) in [4.78, 5) is 27.3. The Hall–Kier alpha value is -3.38. The number of nitrogens with zero attached hydrogens (tertiary/aromatic N) is 4. The van der Waals surface area contributed by atoms with E-state index in [2.05, 4.69) is 6.07 Å². The van der Waals surface area contributed by atoms with Crippen LogP contribution in [0.3, 0.4) is 0 Å². The van der Waals surface area contributed by atoms with E-state index in [0.717, 1.165) is 5.69 Å². The van der Waals surface area contributed by atoms with Gasteiger partial charge in [-0.1, -0.05) is 30.0 Å². The van der Waals surface area contributed by atoms with Gasteiger partial charge in [0.25, 0.3) is 5.69 Å². The quantitative estimate of drug-likeness (QED) is 0.562. The second kappa shape index (κ2) is 7.56. The molecule has 4 rings (SSSR count). The molecule has 2 aliphatic rings. The lowest BCUT2D eigenvalue weighted by atomic mass is 9.85. The largest absolute Gasteiger partial charge is 0.344 e. The van der Waals surface area contributed by atoms with Crippen LogP contribution in [-0.2, 0) is 4.79 Å². The van der Waals surface area contributed by atoms with Crippen molar-refractivity contribution < 1.29 is 14.1 Å². The number of anilines is 1. The zero-order valence-electron chi connectivity index (χ0n) is 15.1. The van der Waals surface area contributed by atoms with Crippen molar-refractivity contribution in [1.82, 2.24) is 4.90 Å². The summed E-state index contributed by atoms with van der Waals surface area (Å²) in [6, 6.07) is 14.4. The fraction of sp³-hybridized carbons (Fsp3) is 0.200. The van der Waals surface area contributed by atoms with Gasteiger partial charge < -0.3 is 4.90 Å². The lowest BCUT2D eigenvalue weighted by Gasteiger charge is -2.42. The minimum Gasteiger partial charge on any atom is -0.344 e. The van der Waals surface area contributed by atoms with Crippen LogP contribution in [-0.4, -0.2) is 28.3 Å². The molecule has 2 aromatic carbocycles. The van der Waals surface area contributed by atoms with Crippen molar-refractivity contribution in [2.75, 3.05) is 17.4 Å². The summed E-state index contributed by atoms with van der Waals surface area (Å²) in [5.74, 6) is -0.724. The standard InChI is InChI=1S/C20H15FN4O3S/c21-13-5-7-14(8-6-13)23-11-24-19(26)9-16(17(10-22)20(24)29-12-23)15-3-1-2-4-18(15)25(27)28/h1-8,16H,9,11-12H2/t16-/m0/s1. The molecule has 2 heterocycles. The molecule has 29 heavy (non-hydrogen) atoms. The van der Waals surface area contributed by atoms with E-state index in [-0.39, 0.29) is 30.5 Å². The number of allylic oxidation sites excluding steroid dienone is 1. The third kappa shape index (κ3) is 3.43. The molecule has 1 atom stereocenters. The van der Waals surface area contributed by atoms with Gasteiger partial charge in [0, 0.05) is 29.7 Å². The Bertz CT molecular complexity index is 1060. The normalized spacial score (nSPS) is 19.0. The number of para-hydroxylation sites is 1. The number of hydrogen-bond donors (Lipinski definition) is 0. The van der Waals surface area contributed by atoms with Crippen molar-refractivity contribution in [3.8, 4) is 6.07 Å². The summed E-state index contributed by atoms with van der Waals surface area (Å²) in [7, 11) is 0. The van der Waals surface area contributed by atoms with Crippen molar-refractivity contribution >= 4 is 29.0 Å². The van der Waals surface area contributed by atoms with Crippen LogP contribution in [0.5, 0.6) is 0 Å². The molecule has 1 amide bonds. The summed E-state index contributed by atoms with van der Waals surface area (Å²) >= 11 is 1.33. The van der Waals surface area contributed by atoms with Gasteiger partial charge in [-0.15, -0.1) is 0 Å². The number of amides is 1. The first-order valence-electron chi connectivity index (χ1n) is 8.81. The second-order valence-electron chi connectivity index (χ2n) is 6.66. The van der Waals surface area contributed by atoms with E-state index >= 15 is 0 Å². The molecule has 0 bridgehead atoms. The van der Waals surface area contributed by atoms with Gasteiger partial charge in [-0.3, -0.25) is 19.8 Å². The van der Waals surface area contributed by atoms with E-state index in [4.69, 9.17) is 0 Å². The molecule has 0 aliphatic carbocycles. The Morgan fingerprint density at radius 1 is 1.21 bits per heavy atom. The van der Waals surface area contributed by atoms with Crippen LogP contribution in [0, 0.1) is 27.3 Å². The molecule has 0 aromatic heterocycles. The predicted molar refractivity (Wildman–Crippen MR) is 106 cm³/mol. The van der Waals surface area contributed by atoms with Crippen molar-refractivity contribution in [2.45, 2.75) is 12.3 Å². The molecule has 1 saturated heterocycles. The number of rotatable bonds is 3. The van der Waals surface area contributed by atoms with E-state index < -0.39 is 10.8 Å². The molecule has 146 valence electrons. The highest BCUT2D eigenvalue weighted by Crippen LogP contribution is 2.45. The van der Waals surface area contributed by atoms with Crippen LogP contribution in [0.25, 0.3) is 0 Å². The molecule has 0 unspecified atom stereocenters. The fourth-order valence-corrected chi connectivity index (χ4v) is 4.76. The number of fused-ring (bicyclic) bond motifs is 1. The van der Waals surface area contributed by atoms with Crippen LogP contribution in [0.4, 0.5) is 15.8 Å². The predicted octanol–water partition coefficient (Wildman–Crippen LogP) is 3.95. The van der Waals surface area contributed by atoms with Crippen LogP contribution < -0.4 is 4.90 Å². The van der Waals surface area contributed by atoms with Gasteiger partial charge in [-0.05, 0) is 24.3 Å². The zero-order valence-corrected chi connectivity index (χ0v) is 15.9. The minimum absolute atomic E-state index is 0.0188. The summed E-state index contributed by atoms with van der Waals surface area (Å²) in [5.41, 5.74) is 1.41. The Labute approximate surface area is 170 Å². The van der Waals surface area contributed by atoms with Gasteiger partial charge in [-0.25, -0.2) is 4.39 Å². The first-order valence-corrected chi connectivity index (χ1v) is 9.79. The number of nitriles is 1. The molecule has 2 aromatic rings. The van der Waals surface area contributed by atoms with Gasteiger partial charge in [0.15, 0.2) is 0 Å². The number of halogens is 1. The molecule has 1 fully saturated rings. The number of nitro benzene ring substituents is 1. The average Bonchev–Trinajstić information content (AvgIpc) is 2.74. The highest BCUT2D eigenvalue weighted by Gasteiger charge is 2.40. The third-order valence-electron chi connectivity index (χ3n) is 4.99. The van der Waals surface area contributed by atoms with Gasteiger partial charge in [0.05, 0.1) is 34.1 Å². The minimum atomic E-state index is -0.648. The van der Waals surface area contributed by atoms with E-state index in [1.54, 1.807) is 30.3 Å². The Kier molecular flexibility index (Phi) is 4.94. The van der Waals surface area contributed by atoms with Gasteiger partial charge >= 0.3 is 0 Å². The van der Waals surface area contributed by atoms with Crippen LogP contribution >= 0.6 is 11.8 Å². The van der Waals surface area contributed by atoms with Gasteiger partial charge in [0.2, 0.25) is 5.91 Å². The lowest BCUT2D eigenvalue weighted by molar-refractivity contribution is -0.385. The molecular weight excluding hydrogens is 395 g/mol. The van der Waals surface area contributed by atoms with Crippen molar-refractivity contribution in [3.63, 3.8) is 0 Å². The summed E-state index contributed by atoms with van der Waals surface area (Å²) < 4.78 is 13.2. The number of carbonyl (C=O) groups excluding carboxylic acids is 1. The van der Waals surface area contributed by atoms with Crippen LogP contribution in [0.2, 0.25) is 0 Å². The number of thioether (sulfide) groups is 1. The van der Waals surface area contributed by atoms with Gasteiger partial charge in [-0.2, -0.15) is 5.26 Å². The van der Waals surface area contributed by atoms with Gasteiger partial charge in [0.1, 0.15) is 5.82 Å². The monoisotopic (exact) mass is 410 g/mol. The zero-order chi connectivity index (χ0) is 20.5. The maximum atomic E-state index is 13.2. The van der Waals surface area contributed by atoms with Crippen LogP contribution in [0.1, 0.15) is 17.9 Å². The molecule has 7 nitrogen and oxygen atoms in total. The SMILES string of the molecule is N#CC1=C2SCN(c3ccc(F)cc3)CN2C(=O)C[C@H]1c1ccccc1[N+](=O)[O-]. The number of hydrogen-bond acceptors (Lipinski definition) is 6. The number of benzene rings is 2.